The van der Waals surface area contributed by atoms with Crippen molar-refractivity contribution in [3.05, 3.63) is 54.2 Å². The first-order chi connectivity index (χ1) is 12.2. The second-order valence-corrected chi connectivity index (χ2v) is 5.85. The standard InChI is InChI=1S/C20H20N2O3/c1-2-25-19(24)9-8-17(23)11-14-10-16-12-18(22-20(16)21-13-14)15-6-4-3-5-7-15/h3-7,10,12-13H,2,8-9,11H2,1H3,(H,21,22). The molecule has 0 amide bonds. The monoisotopic (exact) mass is 336 g/mol. The van der Waals surface area contributed by atoms with Gasteiger partial charge < -0.3 is 9.72 Å². The summed E-state index contributed by atoms with van der Waals surface area (Å²) in [6.45, 7) is 2.09. The quantitative estimate of drug-likeness (QED) is 0.668. The van der Waals surface area contributed by atoms with Crippen LogP contribution in [0.15, 0.2) is 48.7 Å². The zero-order chi connectivity index (χ0) is 17.6. The van der Waals surface area contributed by atoms with Crippen LogP contribution >= 0.6 is 0 Å². The minimum absolute atomic E-state index is 0.00743. The highest BCUT2D eigenvalue weighted by molar-refractivity contribution is 5.87. The average Bonchev–Trinajstić information content (AvgIpc) is 3.04. The van der Waals surface area contributed by atoms with Crippen molar-refractivity contribution < 1.29 is 14.3 Å². The molecular weight excluding hydrogens is 316 g/mol. The first-order valence-corrected chi connectivity index (χ1v) is 8.36. The Labute approximate surface area is 146 Å². The normalized spacial score (nSPS) is 10.8. The van der Waals surface area contributed by atoms with Gasteiger partial charge in [-0.05, 0) is 30.2 Å². The maximum absolute atomic E-state index is 12.0. The summed E-state index contributed by atoms with van der Waals surface area (Å²) in [6.07, 6.45) is 2.30. The number of pyridine rings is 1. The zero-order valence-corrected chi connectivity index (χ0v) is 14.1. The fraction of sp³-hybridized carbons (Fsp3) is 0.250. The molecular formula is C20H20N2O3. The smallest absolute Gasteiger partial charge is 0.306 e. The lowest BCUT2D eigenvalue weighted by Crippen LogP contribution is -2.09. The summed E-state index contributed by atoms with van der Waals surface area (Å²) >= 11 is 0. The minimum atomic E-state index is -0.331. The number of carbonyl (C=O) groups is 2. The number of hydrogen-bond donors (Lipinski definition) is 1. The molecule has 0 atom stereocenters. The molecule has 0 aliphatic carbocycles. The van der Waals surface area contributed by atoms with Gasteiger partial charge in [0, 0.05) is 30.1 Å². The maximum atomic E-state index is 12.0. The van der Waals surface area contributed by atoms with Crippen LogP contribution in [0, 0.1) is 0 Å². The summed E-state index contributed by atoms with van der Waals surface area (Å²) in [5, 5.41) is 0.967. The first kappa shape index (κ1) is 16.9. The number of aromatic nitrogens is 2. The molecule has 5 nitrogen and oxygen atoms in total. The van der Waals surface area contributed by atoms with Gasteiger partial charge >= 0.3 is 5.97 Å². The molecule has 0 saturated carbocycles. The van der Waals surface area contributed by atoms with Crippen LogP contribution in [-0.2, 0) is 20.7 Å². The Morgan fingerprint density at radius 2 is 1.92 bits per heavy atom. The third kappa shape index (κ3) is 4.32. The van der Waals surface area contributed by atoms with Gasteiger partial charge in [0.2, 0.25) is 0 Å². The first-order valence-electron chi connectivity index (χ1n) is 8.36. The van der Waals surface area contributed by atoms with Crippen LogP contribution in [0.3, 0.4) is 0 Å². The molecule has 0 fully saturated rings. The van der Waals surface area contributed by atoms with Crippen molar-refractivity contribution in [2.24, 2.45) is 0 Å². The molecule has 3 rings (SSSR count). The second kappa shape index (κ2) is 7.75. The van der Waals surface area contributed by atoms with Crippen molar-refractivity contribution in [3.63, 3.8) is 0 Å². The Morgan fingerprint density at radius 3 is 2.68 bits per heavy atom. The predicted octanol–water partition coefficient (Wildman–Crippen LogP) is 3.68. The molecule has 1 N–H and O–H groups in total. The Kier molecular flexibility index (Phi) is 5.23. The van der Waals surface area contributed by atoms with E-state index in [-0.39, 0.29) is 31.0 Å². The number of fused-ring (bicyclic) bond motifs is 1. The number of Topliss-reactive ketones (excluding diaryl/α,β-unsaturated/α-hetero) is 1. The molecule has 0 bridgehead atoms. The van der Waals surface area contributed by atoms with Crippen molar-refractivity contribution in [1.82, 2.24) is 9.97 Å². The van der Waals surface area contributed by atoms with Crippen LogP contribution in [0.4, 0.5) is 0 Å². The van der Waals surface area contributed by atoms with Gasteiger partial charge in [-0.15, -0.1) is 0 Å². The van der Waals surface area contributed by atoms with E-state index >= 15 is 0 Å². The fourth-order valence-electron chi connectivity index (χ4n) is 2.72. The van der Waals surface area contributed by atoms with Gasteiger partial charge in [-0.3, -0.25) is 9.59 Å². The number of ketones is 1. The van der Waals surface area contributed by atoms with Crippen LogP contribution in [0.2, 0.25) is 0 Å². The van der Waals surface area contributed by atoms with Crippen molar-refractivity contribution in [2.75, 3.05) is 6.61 Å². The number of carbonyl (C=O) groups excluding carboxylic acids is 2. The van der Waals surface area contributed by atoms with E-state index in [1.165, 1.54) is 0 Å². The third-order valence-corrected chi connectivity index (χ3v) is 3.93. The molecule has 128 valence electrons. The number of benzene rings is 1. The summed E-state index contributed by atoms with van der Waals surface area (Å²) in [6, 6.07) is 14.0. The van der Waals surface area contributed by atoms with E-state index in [0.29, 0.717) is 6.61 Å². The van der Waals surface area contributed by atoms with Crippen molar-refractivity contribution in [2.45, 2.75) is 26.2 Å². The maximum Gasteiger partial charge on any atom is 0.306 e. The second-order valence-electron chi connectivity index (χ2n) is 5.85. The summed E-state index contributed by atoms with van der Waals surface area (Å²) in [7, 11) is 0. The number of H-pyrrole nitrogens is 1. The molecule has 5 heteroatoms. The van der Waals surface area contributed by atoms with E-state index in [0.717, 1.165) is 27.9 Å². The Morgan fingerprint density at radius 1 is 1.12 bits per heavy atom. The highest BCUT2D eigenvalue weighted by atomic mass is 16.5. The molecule has 1 aromatic carbocycles. The summed E-state index contributed by atoms with van der Waals surface area (Å²) in [5.74, 6) is -0.324. The number of ether oxygens (including phenoxy) is 1. The average molecular weight is 336 g/mol. The number of esters is 1. The lowest BCUT2D eigenvalue weighted by molar-refractivity contribution is -0.144. The summed E-state index contributed by atoms with van der Waals surface area (Å²) in [4.78, 5) is 31.1. The van der Waals surface area contributed by atoms with Crippen LogP contribution in [-0.4, -0.2) is 28.3 Å². The van der Waals surface area contributed by atoms with Gasteiger partial charge in [-0.25, -0.2) is 4.98 Å². The van der Waals surface area contributed by atoms with Gasteiger partial charge in [0.1, 0.15) is 11.4 Å². The Bertz CT molecular complexity index is 884. The topological polar surface area (TPSA) is 72.1 Å². The molecule has 0 radical (unpaired) electrons. The molecule has 2 aromatic heterocycles. The molecule has 25 heavy (non-hydrogen) atoms. The van der Waals surface area contributed by atoms with E-state index in [2.05, 4.69) is 9.97 Å². The lowest BCUT2D eigenvalue weighted by atomic mass is 10.1. The van der Waals surface area contributed by atoms with Crippen molar-refractivity contribution in [3.8, 4) is 11.3 Å². The van der Waals surface area contributed by atoms with Crippen LogP contribution in [0.1, 0.15) is 25.3 Å². The number of aromatic amines is 1. The van der Waals surface area contributed by atoms with Gasteiger partial charge in [0.25, 0.3) is 0 Å². The lowest BCUT2D eigenvalue weighted by Gasteiger charge is -2.02. The van der Waals surface area contributed by atoms with E-state index in [4.69, 9.17) is 4.74 Å². The van der Waals surface area contributed by atoms with Gasteiger partial charge in [-0.1, -0.05) is 30.3 Å². The Balaban J connectivity index is 1.69. The zero-order valence-electron chi connectivity index (χ0n) is 14.1. The molecule has 0 aliphatic rings. The van der Waals surface area contributed by atoms with E-state index in [1.54, 1.807) is 13.1 Å². The Hall–Kier alpha value is -2.95. The van der Waals surface area contributed by atoms with Crippen LogP contribution in [0.25, 0.3) is 22.3 Å². The predicted molar refractivity (Wildman–Crippen MR) is 96.1 cm³/mol. The SMILES string of the molecule is CCOC(=O)CCC(=O)Cc1cnc2[nH]c(-c3ccccc3)cc2c1. The summed E-state index contributed by atoms with van der Waals surface area (Å²) < 4.78 is 4.84. The molecule has 0 saturated heterocycles. The van der Waals surface area contributed by atoms with Gasteiger partial charge in [0.05, 0.1) is 13.0 Å². The molecule has 0 unspecified atom stereocenters. The molecule has 2 heterocycles. The van der Waals surface area contributed by atoms with E-state index < -0.39 is 0 Å². The number of hydrogen-bond acceptors (Lipinski definition) is 4. The van der Waals surface area contributed by atoms with Gasteiger partial charge in [0.15, 0.2) is 0 Å². The largest absolute Gasteiger partial charge is 0.466 e. The third-order valence-electron chi connectivity index (χ3n) is 3.93. The highest BCUT2D eigenvalue weighted by Crippen LogP contribution is 2.23. The highest BCUT2D eigenvalue weighted by Gasteiger charge is 2.10. The van der Waals surface area contributed by atoms with Crippen molar-refractivity contribution in [1.29, 1.82) is 0 Å². The molecule has 3 aromatic rings. The molecule has 0 spiro atoms. The van der Waals surface area contributed by atoms with E-state index in [9.17, 15) is 9.59 Å². The molecule has 0 aliphatic heterocycles. The van der Waals surface area contributed by atoms with Gasteiger partial charge in [-0.2, -0.15) is 0 Å². The number of nitrogens with zero attached hydrogens (tertiary/aromatic N) is 1. The summed E-state index contributed by atoms with van der Waals surface area (Å²) in [5.41, 5.74) is 3.72. The fourth-order valence-corrected chi connectivity index (χ4v) is 2.72. The number of nitrogens with one attached hydrogen (secondary N) is 1. The van der Waals surface area contributed by atoms with Crippen LogP contribution in [0.5, 0.6) is 0 Å². The van der Waals surface area contributed by atoms with Crippen molar-refractivity contribution >= 4 is 22.8 Å². The van der Waals surface area contributed by atoms with E-state index in [1.807, 2.05) is 42.5 Å². The van der Waals surface area contributed by atoms with Crippen LogP contribution < -0.4 is 0 Å². The number of rotatable bonds is 7. The minimum Gasteiger partial charge on any atom is -0.466 e.